The molecule has 27 heavy (non-hydrogen) atoms. The highest BCUT2D eigenvalue weighted by molar-refractivity contribution is 6.12. The Kier molecular flexibility index (Phi) is 4.16. The van der Waals surface area contributed by atoms with Crippen LogP contribution in [-0.2, 0) is 0 Å². The van der Waals surface area contributed by atoms with Gasteiger partial charge in [0.05, 0.1) is 23.1 Å². The maximum atomic E-state index is 14.4. The van der Waals surface area contributed by atoms with Crippen LogP contribution in [0.3, 0.4) is 0 Å². The summed E-state index contributed by atoms with van der Waals surface area (Å²) in [6.45, 7) is 3.81. The SMILES string of the molecule is Cc1ccc2nc(C)cc(C(=O)Nc3ccc(-n4ccnc4)c(F)c3)c2c1. The molecule has 0 saturated heterocycles. The normalized spacial score (nSPS) is 10.9. The molecule has 1 N–H and O–H groups in total. The number of fused-ring (bicyclic) bond motifs is 1. The second-order valence-corrected chi connectivity index (χ2v) is 6.42. The fourth-order valence-electron chi connectivity index (χ4n) is 3.05. The zero-order chi connectivity index (χ0) is 19.0. The van der Waals surface area contributed by atoms with Gasteiger partial charge in [-0.3, -0.25) is 9.78 Å². The minimum Gasteiger partial charge on any atom is -0.322 e. The predicted molar refractivity (Wildman–Crippen MR) is 103 cm³/mol. The van der Waals surface area contributed by atoms with Gasteiger partial charge in [0.1, 0.15) is 5.82 Å². The molecule has 1 amide bonds. The van der Waals surface area contributed by atoms with Crippen LogP contribution in [-0.4, -0.2) is 20.4 Å². The van der Waals surface area contributed by atoms with Crippen molar-refractivity contribution in [1.29, 1.82) is 0 Å². The minimum atomic E-state index is -0.447. The highest BCUT2D eigenvalue weighted by Gasteiger charge is 2.14. The van der Waals surface area contributed by atoms with Crippen molar-refractivity contribution >= 4 is 22.5 Å². The van der Waals surface area contributed by atoms with E-state index < -0.39 is 5.82 Å². The van der Waals surface area contributed by atoms with Gasteiger partial charge in [0, 0.05) is 29.2 Å². The Morgan fingerprint density at radius 1 is 1.11 bits per heavy atom. The third-order valence-corrected chi connectivity index (χ3v) is 4.33. The largest absolute Gasteiger partial charge is 0.322 e. The number of anilines is 1. The lowest BCUT2D eigenvalue weighted by atomic mass is 10.0. The van der Waals surface area contributed by atoms with Crippen molar-refractivity contribution in [3.8, 4) is 5.69 Å². The number of nitrogens with zero attached hydrogens (tertiary/aromatic N) is 3. The number of benzene rings is 2. The Bertz CT molecular complexity index is 1150. The quantitative estimate of drug-likeness (QED) is 0.588. The molecule has 2 aromatic carbocycles. The van der Waals surface area contributed by atoms with Crippen LogP contribution in [0, 0.1) is 19.7 Å². The first-order chi connectivity index (χ1) is 13.0. The van der Waals surface area contributed by atoms with Crippen LogP contribution in [0.1, 0.15) is 21.6 Å². The van der Waals surface area contributed by atoms with Crippen LogP contribution in [0.5, 0.6) is 0 Å². The second kappa shape index (κ2) is 6.64. The first-order valence-electron chi connectivity index (χ1n) is 8.48. The predicted octanol–water partition coefficient (Wildman–Crippen LogP) is 4.43. The van der Waals surface area contributed by atoms with Crippen LogP contribution in [0.25, 0.3) is 16.6 Å². The Morgan fingerprint density at radius 3 is 2.70 bits per heavy atom. The Hall–Kier alpha value is -3.54. The van der Waals surface area contributed by atoms with Crippen molar-refractivity contribution in [2.24, 2.45) is 0 Å². The molecular formula is C21H17FN4O. The van der Waals surface area contributed by atoms with Gasteiger partial charge in [0.15, 0.2) is 0 Å². The van der Waals surface area contributed by atoms with E-state index in [4.69, 9.17) is 0 Å². The topological polar surface area (TPSA) is 59.8 Å². The van der Waals surface area contributed by atoms with Gasteiger partial charge in [-0.25, -0.2) is 9.37 Å². The number of hydrogen-bond acceptors (Lipinski definition) is 3. The lowest BCUT2D eigenvalue weighted by Crippen LogP contribution is -2.13. The maximum Gasteiger partial charge on any atom is 0.256 e. The molecule has 0 aliphatic carbocycles. The molecule has 5 nitrogen and oxygen atoms in total. The Labute approximate surface area is 155 Å². The molecule has 0 radical (unpaired) electrons. The van der Waals surface area contributed by atoms with E-state index in [-0.39, 0.29) is 5.91 Å². The van der Waals surface area contributed by atoms with Crippen molar-refractivity contribution in [2.75, 3.05) is 5.32 Å². The molecule has 0 spiro atoms. The third-order valence-electron chi connectivity index (χ3n) is 4.33. The smallest absolute Gasteiger partial charge is 0.256 e. The van der Waals surface area contributed by atoms with Gasteiger partial charge in [-0.15, -0.1) is 0 Å². The molecule has 2 aromatic heterocycles. The van der Waals surface area contributed by atoms with Crippen molar-refractivity contribution in [3.63, 3.8) is 0 Å². The van der Waals surface area contributed by atoms with E-state index >= 15 is 0 Å². The molecular weight excluding hydrogens is 343 g/mol. The minimum absolute atomic E-state index is 0.300. The van der Waals surface area contributed by atoms with Crippen LogP contribution in [0.15, 0.2) is 61.2 Å². The number of hydrogen-bond donors (Lipinski definition) is 1. The Balaban J connectivity index is 1.68. The zero-order valence-corrected chi connectivity index (χ0v) is 14.9. The van der Waals surface area contributed by atoms with Crippen LogP contribution >= 0.6 is 0 Å². The number of carbonyl (C=O) groups excluding carboxylic acids is 1. The van der Waals surface area contributed by atoms with Gasteiger partial charge < -0.3 is 9.88 Å². The summed E-state index contributed by atoms with van der Waals surface area (Å²) in [4.78, 5) is 21.2. The summed E-state index contributed by atoms with van der Waals surface area (Å²) in [5.41, 5.74) is 3.81. The second-order valence-electron chi connectivity index (χ2n) is 6.42. The van der Waals surface area contributed by atoms with Gasteiger partial charge in [-0.2, -0.15) is 0 Å². The van der Waals surface area contributed by atoms with E-state index in [0.717, 1.165) is 22.2 Å². The van der Waals surface area contributed by atoms with Crippen molar-refractivity contribution in [3.05, 3.63) is 83.8 Å². The molecule has 0 aliphatic rings. The molecule has 6 heteroatoms. The first kappa shape index (κ1) is 16.9. The monoisotopic (exact) mass is 360 g/mol. The van der Waals surface area contributed by atoms with E-state index in [0.29, 0.717) is 16.9 Å². The van der Waals surface area contributed by atoms with Gasteiger partial charge in [-0.1, -0.05) is 11.6 Å². The van der Waals surface area contributed by atoms with E-state index in [1.807, 2.05) is 32.0 Å². The summed E-state index contributed by atoms with van der Waals surface area (Å²) in [5.74, 6) is -0.747. The average molecular weight is 360 g/mol. The molecule has 4 rings (SSSR count). The van der Waals surface area contributed by atoms with E-state index in [9.17, 15) is 9.18 Å². The summed E-state index contributed by atoms with van der Waals surface area (Å²) < 4.78 is 16.0. The standard InChI is InChI=1S/C21H17FN4O/c1-13-3-5-19-16(9-13)17(10-14(2)24-19)21(27)25-15-4-6-20(18(22)11-15)26-8-7-23-12-26/h3-12H,1-2H3,(H,25,27). The number of aryl methyl sites for hydroxylation is 2. The lowest BCUT2D eigenvalue weighted by Gasteiger charge is -2.11. The number of carbonyl (C=O) groups is 1. The number of aromatic nitrogens is 3. The van der Waals surface area contributed by atoms with E-state index in [1.54, 1.807) is 35.2 Å². The van der Waals surface area contributed by atoms with Crippen molar-refractivity contribution in [2.45, 2.75) is 13.8 Å². The summed E-state index contributed by atoms with van der Waals surface area (Å²) >= 11 is 0. The maximum absolute atomic E-state index is 14.4. The highest BCUT2D eigenvalue weighted by Crippen LogP contribution is 2.23. The highest BCUT2D eigenvalue weighted by atomic mass is 19.1. The number of rotatable bonds is 3. The Morgan fingerprint density at radius 2 is 1.96 bits per heavy atom. The molecule has 134 valence electrons. The van der Waals surface area contributed by atoms with Gasteiger partial charge >= 0.3 is 0 Å². The van der Waals surface area contributed by atoms with E-state index in [2.05, 4.69) is 15.3 Å². The molecule has 0 unspecified atom stereocenters. The number of pyridine rings is 1. The van der Waals surface area contributed by atoms with Crippen LogP contribution in [0.4, 0.5) is 10.1 Å². The summed E-state index contributed by atoms with van der Waals surface area (Å²) in [5, 5.41) is 3.55. The molecule has 4 aromatic rings. The van der Waals surface area contributed by atoms with Crippen LogP contribution < -0.4 is 5.32 Å². The van der Waals surface area contributed by atoms with Crippen molar-refractivity contribution in [1.82, 2.24) is 14.5 Å². The molecule has 2 heterocycles. The van der Waals surface area contributed by atoms with Gasteiger partial charge in [0.2, 0.25) is 0 Å². The molecule has 0 atom stereocenters. The number of nitrogens with one attached hydrogen (secondary N) is 1. The van der Waals surface area contributed by atoms with Crippen LogP contribution in [0.2, 0.25) is 0 Å². The summed E-state index contributed by atoms with van der Waals surface area (Å²) in [6.07, 6.45) is 4.75. The third kappa shape index (κ3) is 3.29. The lowest BCUT2D eigenvalue weighted by molar-refractivity contribution is 0.102. The number of imidazole rings is 1. The van der Waals surface area contributed by atoms with Gasteiger partial charge in [0.25, 0.3) is 5.91 Å². The summed E-state index contributed by atoms with van der Waals surface area (Å²) in [7, 11) is 0. The summed E-state index contributed by atoms with van der Waals surface area (Å²) in [6, 6.07) is 12.1. The zero-order valence-electron chi connectivity index (χ0n) is 14.9. The fourth-order valence-corrected chi connectivity index (χ4v) is 3.05. The molecule has 0 saturated carbocycles. The molecule has 0 aliphatic heterocycles. The van der Waals surface area contributed by atoms with Gasteiger partial charge in [-0.05, 0) is 50.2 Å². The number of amides is 1. The first-order valence-corrected chi connectivity index (χ1v) is 8.48. The molecule has 0 bridgehead atoms. The van der Waals surface area contributed by atoms with Crippen molar-refractivity contribution < 1.29 is 9.18 Å². The number of halogens is 1. The molecule has 0 fully saturated rings. The van der Waals surface area contributed by atoms with E-state index in [1.165, 1.54) is 12.4 Å². The fraction of sp³-hybridized carbons (Fsp3) is 0.0952. The average Bonchev–Trinajstić information content (AvgIpc) is 3.16.